The van der Waals surface area contributed by atoms with Crippen molar-refractivity contribution in [2.24, 2.45) is 0 Å². The van der Waals surface area contributed by atoms with Crippen LogP contribution in [0.2, 0.25) is 10.0 Å². The Hall–Kier alpha value is -1.88. The lowest BCUT2D eigenvalue weighted by Crippen LogP contribution is -2.20. The second-order valence-electron chi connectivity index (χ2n) is 6.12. The fraction of sp³-hybridized carbons (Fsp3) is 0.222. The van der Waals surface area contributed by atoms with Gasteiger partial charge in [0, 0.05) is 23.5 Å². The molecule has 0 aliphatic carbocycles. The second kappa shape index (κ2) is 5.88. The molecule has 0 radical (unpaired) electrons. The van der Waals surface area contributed by atoms with Gasteiger partial charge in [-0.1, -0.05) is 35.3 Å². The topological polar surface area (TPSA) is 34.0 Å². The van der Waals surface area contributed by atoms with E-state index in [1.807, 2.05) is 24.3 Å². The minimum Gasteiger partial charge on any atom is -0.321 e. The molecule has 0 unspecified atom stereocenters. The number of halogens is 2. The van der Waals surface area contributed by atoms with Gasteiger partial charge in [0.05, 0.1) is 21.6 Å². The molecule has 2 aliphatic rings. The van der Waals surface area contributed by atoms with E-state index >= 15 is 0 Å². The molecule has 0 atom stereocenters. The summed E-state index contributed by atoms with van der Waals surface area (Å²) in [7, 11) is 4.12. The number of hydrogen-bond acceptors (Lipinski definition) is 3. The highest BCUT2D eigenvalue weighted by Gasteiger charge is 2.21. The third-order valence-electron chi connectivity index (χ3n) is 4.14. The molecule has 0 fully saturated rings. The molecule has 0 amide bonds. The molecule has 122 valence electrons. The van der Waals surface area contributed by atoms with E-state index in [1.165, 1.54) is 0 Å². The summed E-state index contributed by atoms with van der Waals surface area (Å²) < 4.78 is 2.21. The van der Waals surface area contributed by atoms with Gasteiger partial charge in [-0.3, -0.25) is 0 Å². The van der Waals surface area contributed by atoms with Crippen LogP contribution in [0.3, 0.4) is 0 Å². The minimum atomic E-state index is 0.554. The molecule has 2 heterocycles. The molecule has 2 aliphatic heterocycles. The first-order chi connectivity index (χ1) is 11.5. The van der Waals surface area contributed by atoms with E-state index in [-0.39, 0.29) is 0 Å². The Morgan fingerprint density at radius 3 is 2.67 bits per heavy atom. The van der Waals surface area contributed by atoms with Crippen molar-refractivity contribution in [1.82, 2.24) is 19.4 Å². The Balaban J connectivity index is 2.08. The first kappa shape index (κ1) is 15.6. The molecule has 2 aromatic carbocycles. The van der Waals surface area contributed by atoms with Gasteiger partial charge in [0.25, 0.3) is 0 Å². The van der Waals surface area contributed by atoms with Crippen LogP contribution in [0.5, 0.6) is 0 Å². The zero-order valence-corrected chi connectivity index (χ0v) is 14.9. The number of hydrogen-bond donors (Lipinski definition) is 0. The molecular weight excluding hydrogens is 343 g/mol. The van der Waals surface area contributed by atoms with E-state index in [0.29, 0.717) is 10.0 Å². The normalized spacial score (nSPS) is 12.0. The molecule has 6 heteroatoms. The second-order valence-corrected chi connectivity index (χ2v) is 6.97. The lowest BCUT2D eigenvalue weighted by atomic mass is 10.2. The van der Waals surface area contributed by atoms with E-state index < -0.39 is 0 Å². The number of likely N-dealkylation sites (N-methyl/N-ethyl adjacent to an activating group) is 1. The zero-order chi connectivity index (χ0) is 16.8. The Morgan fingerprint density at radius 2 is 1.88 bits per heavy atom. The van der Waals surface area contributed by atoms with Crippen molar-refractivity contribution in [3.63, 3.8) is 0 Å². The van der Waals surface area contributed by atoms with Gasteiger partial charge < -0.3 is 9.47 Å². The van der Waals surface area contributed by atoms with Gasteiger partial charge in [0.1, 0.15) is 5.69 Å². The van der Waals surface area contributed by atoms with E-state index in [4.69, 9.17) is 33.2 Å². The molecule has 0 N–H and O–H groups in total. The van der Waals surface area contributed by atoms with Gasteiger partial charge in [0.15, 0.2) is 5.82 Å². The Bertz CT molecular complexity index is 1020. The molecule has 0 spiro atoms. The van der Waals surface area contributed by atoms with Crippen LogP contribution in [0.1, 0.15) is 0 Å². The van der Waals surface area contributed by atoms with Crippen molar-refractivity contribution in [3.8, 4) is 11.5 Å². The van der Waals surface area contributed by atoms with Gasteiger partial charge in [0.2, 0.25) is 0 Å². The Morgan fingerprint density at radius 1 is 1.08 bits per heavy atom. The van der Waals surface area contributed by atoms with Crippen molar-refractivity contribution in [3.05, 3.63) is 46.4 Å². The van der Waals surface area contributed by atoms with Crippen LogP contribution < -0.4 is 0 Å². The van der Waals surface area contributed by atoms with Crippen LogP contribution in [0.15, 0.2) is 36.4 Å². The summed E-state index contributed by atoms with van der Waals surface area (Å²) in [6, 6.07) is 11.7. The predicted molar refractivity (Wildman–Crippen MR) is 100 cm³/mol. The zero-order valence-electron chi connectivity index (χ0n) is 13.4. The average molecular weight is 359 g/mol. The maximum atomic E-state index is 6.35. The smallest absolute Gasteiger partial charge is 0.160 e. The van der Waals surface area contributed by atoms with Crippen molar-refractivity contribution in [2.75, 3.05) is 20.6 Å². The van der Waals surface area contributed by atoms with Crippen LogP contribution in [0.4, 0.5) is 0 Å². The average Bonchev–Trinajstić information content (AvgIpc) is 2.90. The maximum Gasteiger partial charge on any atom is 0.160 e. The Labute approximate surface area is 150 Å². The number of nitrogens with zero attached hydrogens (tertiary/aromatic N) is 4. The molecule has 24 heavy (non-hydrogen) atoms. The van der Waals surface area contributed by atoms with Crippen molar-refractivity contribution in [1.29, 1.82) is 0 Å². The number of para-hydroxylation sites is 2. The monoisotopic (exact) mass is 358 g/mol. The first-order valence-corrected chi connectivity index (χ1v) is 8.48. The fourth-order valence-corrected chi connectivity index (χ4v) is 3.52. The number of fused-ring (bicyclic) bond motifs is 4. The van der Waals surface area contributed by atoms with Crippen molar-refractivity contribution >= 4 is 45.1 Å². The summed E-state index contributed by atoms with van der Waals surface area (Å²) in [5.74, 6) is 0.842. The Kier molecular flexibility index (Phi) is 3.83. The summed E-state index contributed by atoms with van der Waals surface area (Å²) in [4.78, 5) is 11.8. The molecule has 0 saturated carbocycles. The summed E-state index contributed by atoms with van der Waals surface area (Å²) >= 11 is 12.5. The van der Waals surface area contributed by atoms with E-state index in [1.54, 1.807) is 6.07 Å². The highest BCUT2D eigenvalue weighted by atomic mass is 35.5. The van der Waals surface area contributed by atoms with E-state index in [9.17, 15) is 0 Å². The minimum absolute atomic E-state index is 0.554. The standard InChI is InChI=1S/C18H16Cl2N4/c1-23(2)7-8-24-15-6-4-3-5-14(15)21-17-12-9-11(19)10-13(20)16(12)22-18(17)24/h3-6,9-10H,7-8H2,1-2H3. The molecular formula is C18H16Cl2N4. The van der Waals surface area contributed by atoms with Gasteiger partial charge in [-0.2, -0.15) is 0 Å². The number of aromatic nitrogens is 3. The highest BCUT2D eigenvalue weighted by Crippen LogP contribution is 2.37. The summed E-state index contributed by atoms with van der Waals surface area (Å²) in [5, 5.41) is 2.04. The largest absolute Gasteiger partial charge is 0.321 e. The molecule has 4 nitrogen and oxygen atoms in total. The lowest BCUT2D eigenvalue weighted by Gasteiger charge is -2.17. The molecule has 2 aromatic rings. The van der Waals surface area contributed by atoms with Crippen molar-refractivity contribution in [2.45, 2.75) is 6.54 Å². The van der Waals surface area contributed by atoms with Gasteiger partial charge >= 0.3 is 0 Å². The van der Waals surface area contributed by atoms with Gasteiger partial charge in [-0.05, 0) is 38.4 Å². The summed E-state index contributed by atoms with van der Waals surface area (Å²) in [6.07, 6.45) is 0. The quantitative estimate of drug-likeness (QED) is 0.538. The third-order valence-corrected chi connectivity index (χ3v) is 4.65. The van der Waals surface area contributed by atoms with Crippen LogP contribution in [-0.4, -0.2) is 40.1 Å². The van der Waals surface area contributed by atoms with Crippen LogP contribution in [0.25, 0.3) is 33.5 Å². The molecule has 0 saturated heterocycles. The van der Waals surface area contributed by atoms with Gasteiger partial charge in [-0.25, -0.2) is 9.97 Å². The molecule has 0 bridgehead atoms. The third kappa shape index (κ3) is 2.51. The van der Waals surface area contributed by atoms with Crippen molar-refractivity contribution < 1.29 is 0 Å². The predicted octanol–water partition coefficient (Wildman–Crippen LogP) is 4.56. The lowest BCUT2D eigenvalue weighted by molar-refractivity contribution is 0.386. The number of rotatable bonds is 3. The SMILES string of the molecule is CN(C)CCn1c2nc3c(Cl)cc(Cl)cc3c-2nc2ccccc21. The maximum absolute atomic E-state index is 6.35. The first-order valence-electron chi connectivity index (χ1n) is 7.73. The fourth-order valence-electron chi connectivity index (χ4n) is 2.99. The van der Waals surface area contributed by atoms with E-state index in [2.05, 4.69) is 29.6 Å². The highest BCUT2D eigenvalue weighted by molar-refractivity contribution is 6.38. The summed E-state index contributed by atoms with van der Waals surface area (Å²) in [5.41, 5.74) is 3.59. The van der Waals surface area contributed by atoms with Crippen LogP contribution in [0, 0.1) is 0 Å². The van der Waals surface area contributed by atoms with E-state index in [0.717, 1.165) is 46.5 Å². The molecule has 4 rings (SSSR count). The number of benzene rings is 2. The summed E-state index contributed by atoms with van der Waals surface area (Å²) in [6.45, 7) is 1.73. The van der Waals surface area contributed by atoms with Crippen LogP contribution >= 0.6 is 23.2 Å². The molecule has 0 aromatic heterocycles. The van der Waals surface area contributed by atoms with Crippen LogP contribution in [-0.2, 0) is 6.54 Å². The van der Waals surface area contributed by atoms with Gasteiger partial charge in [-0.15, -0.1) is 0 Å².